The quantitative estimate of drug-likeness (QED) is 0.856. The van der Waals surface area contributed by atoms with E-state index in [1.165, 1.54) is 16.8 Å². The fraction of sp³-hybridized carbons (Fsp3) is 0.368. The van der Waals surface area contributed by atoms with Gasteiger partial charge < -0.3 is 9.64 Å². The number of anilines is 1. The number of likely N-dealkylation sites (N-methyl/N-ethyl adjacent to an activating group) is 1. The largest absolute Gasteiger partial charge is 0.378 e. The Hall–Kier alpha value is -1.84. The van der Waals surface area contributed by atoms with E-state index in [0.717, 1.165) is 0 Å². The number of rotatable bonds is 3. The monoisotopic (exact) mass is 296 g/mol. The molecule has 1 heterocycles. The van der Waals surface area contributed by atoms with Crippen molar-refractivity contribution in [1.29, 1.82) is 0 Å². The normalized spacial score (nSPS) is 25.4. The first-order chi connectivity index (χ1) is 10.6. The maximum atomic E-state index is 6.37. The second-order valence-corrected chi connectivity index (χ2v) is 6.21. The summed E-state index contributed by atoms with van der Waals surface area (Å²) >= 11 is 0. The Balaban J connectivity index is 1.83. The number of hydrogen-bond donors (Lipinski definition) is 0. The number of ether oxygens (including phenoxy) is 1. The Kier molecular flexibility index (Phi) is 4.19. The minimum Gasteiger partial charge on any atom is -0.378 e. The lowest BCUT2D eigenvalue weighted by Crippen LogP contribution is -2.27. The molecule has 1 aliphatic heterocycles. The van der Waals surface area contributed by atoms with E-state index in [0.29, 0.717) is 6.04 Å². The lowest BCUT2D eigenvalue weighted by atomic mass is 10.0. The van der Waals surface area contributed by atoms with Crippen LogP contribution in [0.5, 0.6) is 0 Å². The fourth-order valence-corrected chi connectivity index (χ4v) is 3.03. The van der Waals surface area contributed by atoms with Gasteiger partial charge in [0.05, 0.1) is 0 Å². The highest BCUT2D eigenvalue weighted by Crippen LogP contribution is 2.41. The zero-order valence-corrected chi connectivity index (χ0v) is 13.7. The summed E-state index contributed by atoms with van der Waals surface area (Å²) in [6.07, 6.45) is 0.126. The number of nitrogens with zero attached hydrogens (tertiary/aromatic N) is 2. The molecule has 0 saturated carbocycles. The zero-order valence-electron chi connectivity index (χ0n) is 13.7. The lowest BCUT2D eigenvalue weighted by Gasteiger charge is -2.22. The van der Waals surface area contributed by atoms with Crippen LogP contribution < -0.4 is 4.90 Å². The van der Waals surface area contributed by atoms with Crippen LogP contribution >= 0.6 is 0 Å². The van der Waals surface area contributed by atoms with Crippen molar-refractivity contribution in [2.45, 2.75) is 25.3 Å². The van der Waals surface area contributed by atoms with Crippen LogP contribution in [0.3, 0.4) is 0 Å². The van der Waals surface area contributed by atoms with Gasteiger partial charge in [-0.05, 0) is 37.2 Å². The van der Waals surface area contributed by atoms with Crippen molar-refractivity contribution in [3.63, 3.8) is 0 Å². The highest BCUT2D eigenvalue weighted by molar-refractivity contribution is 5.46. The molecule has 0 amide bonds. The third kappa shape index (κ3) is 2.74. The van der Waals surface area contributed by atoms with Gasteiger partial charge in [0, 0.05) is 25.8 Å². The summed E-state index contributed by atoms with van der Waals surface area (Å²) in [5, 5.41) is 0. The van der Waals surface area contributed by atoms with Crippen LogP contribution in [0.2, 0.25) is 0 Å². The number of hydrogen-bond acceptors (Lipinski definition) is 3. The highest BCUT2D eigenvalue weighted by atomic mass is 16.5. The van der Waals surface area contributed by atoms with Gasteiger partial charge in [-0.15, -0.1) is 0 Å². The zero-order chi connectivity index (χ0) is 15.7. The summed E-state index contributed by atoms with van der Waals surface area (Å²) in [6, 6.07) is 19.5. The van der Waals surface area contributed by atoms with Gasteiger partial charge in [-0.2, -0.15) is 0 Å². The van der Waals surface area contributed by atoms with Crippen LogP contribution in [-0.2, 0) is 4.74 Å². The van der Waals surface area contributed by atoms with Gasteiger partial charge >= 0.3 is 0 Å². The molecule has 2 aromatic carbocycles. The van der Waals surface area contributed by atoms with Crippen molar-refractivity contribution in [2.24, 2.45) is 0 Å². The van der Waals surface area contributed by atoms with Crippen LogP contribution in [0.15, 0.2) is 54.6 Å². The van der Waals surface area contributed by atoms with Crippen molar-refractivity contribution < 1.29 is 4.74 Å². The van der Waals surface area contributed by atoms with Gasteiger partial charge in [0.2, 0.25) is 0 Å². The van der Waals surface area contributed by atoms with Crippen LogP contribution in [0.25, 0.3) is 0 Å². The summed E-state index contributed by atoms with van der Waals surface area (Å²) in [5.74, 6) is 0. The van der Waals surface area contributed by atoms with Crippen molar-refractivity contribution in [2.75, 3.05) is 26.0 Å². The van der Waals surface area contributed by atoms with E-state index in [9.17, 15) is 0 Å². The molecule has 1 aliphatic rings. The maximum absolute atomic E-state index is 6.37. The topological polar surface area (TPSA) is 15.7 Å². The summed E-state index contributed by atoms with van der Waals surface area (Å²) in [4.78, 5) is 4.42. The molecule has 0 aromatic heterocycles. The molecule has 1 saturated heterocycles. The summed E-state index contributed by atoms with van der Waals surface area (Å²) in [6.45, 7) is 2.23. The molecule has 3 atom stereocenters. The van der Waals surface area contributed by atoms with Crippen molar-refractivity contribution in [1.82, 2.24) is 4.90 Å². The Bertz CT molecular complexity index is 609. The lowest BCUT2D eigenvalue weighted by molar-refractivity contribution is 0.00561. The predicted molar refractivity (Wildman–Crippen MR) is 91.0 cm³/mol. The van der Waals surface area contributed by atoms with Gasteiger partial charge in [0.25, 0.3) is 0 Å². The molecule has 0 N–H and O–H groups in total. The molecular formula is C19H24N2O. The Morgan fingerprint density at radius 2 is 1.55 bits per heavy atom. The summed E-state index contributed by atoms with van der Waals surface area (Å²) < 4.78 is 6.37. The molecule has 2 aromatic rings. The molecular weight excluding hydrogens is 272 g/mol. The second-order valence-electron chi connectivity index (χ2n) is 6.21. The SMILES string of the molecule is CC1C(c2ccccc2)OC(c2ccc(N(C)C)cc2)N1C. The first kappa shape index (κ1) is 15.1. The van der Waals surface area contributed by atoms with Crippen molar-refractivity contribution in [3.05, 3.63) is 65.7 Å². The van der Waals surface area contributed by atoms with Crippen molar-refractivity contribution >= 4 is 5.69 Å². The fourth-order valence-electron chi connectivity index (χ4n) is 3.03. The molecule has 3 unspecified atom stereocenters. The van der Waals surface area contributed by atoms with E-state index in [1.54, 1.807) is 0 Å². The first-order valence-electron chi connectivity index (χ1n) is 7.77. The van der Waals surface area contributed by atoms with Gasteiger partial charge in [-0.1, -0.05) is 42.5 Å². The van der Waals surface area contributed by atoms with E-state index in [-0.39, 0.29) is 12.3 Å². The average Bonchev–Trinajstić information content (AvgIpc) is 2.84. The van der Waals surface area contributed by atoms with Crippen LogP contribution in [-0.4, -0.2) is 32.1 Å². The van der Waals surface area contributed by atoms with Gasteiger partial charge in [0.1, 0.15) is 12.3 Å². The van der Waals surface area contributed by atoms with Gasteiger partial charge in [-0.3, -0.25) is 4.90 Å². The van der Waals surface area contributed by atoms with E-state index in [2.05, 4.69) is 86.4 Å². The van der Waals surface area contributed by atoms with E-state index in [4.69, 9.17) is 4.74 Å². The van der Waals surface area contributed by atoms with E-state index in [1.807, 2.05) is 6.07 Å². The smallest absolute Gasteiger partial charge is 0.137 e. The van der Waals surface area contributed by atoms with Gasteiger partial charge in [0.15, 0.2) is 0 Å². The molecule has 0 spiro atoms. The molecule has 116 valence electrons. The highest BCUT2D eigenvalue weighted by Gasteiger charge is 2.38. The first-order valence-corrected chi connectivity index (χ1v) is 7.77. The molecule has 3 nitrogen and oxygen atoms in total. The molecule has 3 heteroatoms. The minimum absolute atomic E-state index is 0.0106. The van der Waals surface area contributed by atoms with Gasteiger partial charge in [-0.25, -0.2) is 0 Å². The van der Waals surface area contributed by atoms with Crippen LogP contribution in [0.1, 0.15) is 30.4 Å². The predicted octanol–water partition coefficient (Wildman–Crippen LogP) is 3.84. The van der Waals surface area contributed by atoms with Crippen LogP contribution in [0.4, 0.5) is 5.69 Å². The minimum atomic E-state index is 0.0106. The van der Waals surface area contributed by atoms with Crippen LogP contribution in [0, 0.1) is 0 Å². The standard InChI is InChI=1S/C19H24N2O/c1-14-18(15-8-6-5-7-9-15)22-19(21(14)4)16-10-12-17(13-11-16)20(2)3/h5-14,18-19H,1-4H3. The molecule has 1 fully saturated rings. The third-order valence-corrected chi connectivity index (χ3v) is 4.55. The summed E-state index contributed by atoms with van der Waals surface area (Å²) in [5.41, 5.74) is 3.66. The third-order valence-electron chi connectivity index (χ3n) is 4.55. The Morgan fingerprint density at radius 1 is 0.909 bits per heavy atom. The average molecular weight is 296 g/mol. The van der Waals surface area contributed by atoms with E-state index >= 15 is 0 Å². The molecule has 0 radical (unpaired) electrons. The molecule has 3 rings (SSSR count). The Morgan fingerprint density at radius 3 is 2.14 bits per heavy atom. The van der Waals surface area contributed by atoms with E-state index < -0.39 is 0 Å². The second kappa shape index (κ2) is 6.11. The maximum Gasteiger partial charge on any atom is 0.137 e. The molecule has 0 aliphatic carbocycles. The Labute approximate surface area is 133 Å². The molecule has 0 bridgehead atoms. The number of benzene rings is 2. The summed E-state index contributed by atoms with van der Waals surface area (Å²) in [7, 11) is 6.25. The van der Waals surface area contributed by atoms with Crippen molar-refractivity contribution in [3.8, 4) is 0 Å². The molecule has 22 heavy (non-hydrogen) atoms.